The Kier molecular flexibility index (Phi) is 3.70. The van der Waals surface area contributed by atoms with E-state index < -0.39 is 0 Å². The number of hydrogen-bond donors (Lipinski definition) is 1. The van der Waals surface area contributed by atoms with E-state index in [0.717, 1.165) is 48.7 Å². The number of anilines is 1. The number of nitrogen functional groups attached to an aromatic ring is 1. The smallest absolute Gasteiger partial charge is 0.149 e. The van der Waals surface area contributed by atoms with Gasteiger partial charge in [-0.2, -0.15) is 0 Å². The van der Waals surface area contributed by atoms with Gasteiger partial charge in [0.1, 0.15) is 11.6 Å². The Morgan fingerprint density at radius 3 is 2.63 bits per heavy atom. The zero-order valence-electron chi connectivity index (χ0n) is 11.0. The lowest BCUT2D eigenvalue weighted by Gasteiger charge is -2.46. The van der Waals surface area contributed by atoms with Crippen LogP contribution >= 0.6 is 15.9 Å². The standard InChI is InChI=1S/C12H18BrN5O/c1-19-7-8-10(13)11(14)16-12(15-8)9-6-17-2-4-18(9)5-3-17/h9H,2-7H2,1H3,(H2,14,15,16). The topological polar surface area (TPSA) is 67.5 Å². The van der Waals surface area contributed by atoms with Gasteiger partial charge in [0.2, 0.25) is 0 Å². The van der Waals surface area contributed by atoms with Crippen molar-refractivity contribution < 1.29 is 4.74 Å². The van der Waals surface area contributed by atoms with Crippen LogP contribution in [0.25, 0.3) is 0 Å². The fraction of sp³-hybridized carbons (Fsp3) is 0.667. The summed E-state index contributed by atoms with van der Waals surface area (Å²) < 4.78 is 5.91. The van der Waals surface area contributed by atoms with E-state index >= 15 is 0 Å². The van der Waals surface area contributed by atoms with Crippen LogP contribution in [0.1, 0.15) is 17.6 Å². The maximum atomic E-state index is 5.97. The Morgan fingerprint density at radius 1 is 1.32 bits per heavy atom. The maximum Gasteiger partial charge on any atom is 0.149 e. The van der Waals surface area contributed by atoms with Crippen molar-refractivity contribution >= 4 is 21.7 Å². The van der Waals surface area contributed by atoms with Gasteiger partial charge in [-0.3, -0.25) is 9.80 Å². The predicted octanol–water partition coefficient (Wildman–Crippen LogP) is 0.640. The molecule has 4 rings (SSSR count). The Hall–Kier alpha value is -0.760. The highest BCUT2D eigenvalue weighted by Crippen LogP contribution is 2.30. The van der Waals surface area contributed by atoms with Gasteiger partial charge in [0, 0.05) is 39.8 Å². The molecular formula is C12H18BrN5O. The predicted molar refractivity (Wildman–Crippen MR) is 75.6 cm³/mol. The van der Waals surface area contributed by atoms with Gasteiger partial charge in [-0.15, -0.1) is 0 Å². The first-order chi connectivity index (χ1) is 9.19. The molecule has 0 aliphatic carbocycles. The minimum atomic E-state index is 0.258. The van der Waals surface area contributed by atoms with E-state index in [0.29, 0.717) is 12.4 Å². The van der Waals surface area contributed by atoms with Crippen LogP contribution < -0.4 is 5.73 Å². The van der Waals surface area contributed by atoms with Crippen LogP contribution in [-0.4, -0.2) is 59.6 Å². The van der Waals surface area contributed by atoms with E-state index in [1.165, 1.54) is 0 Å². The van der Waals surface area contributed by atoms with Gasteiger partial charge in [-0.1, -0.05) is 0 Å². The number of rotatable bonds is 3. The van der Waals surface area contributed by atoms with Gasteiger partial charge >= 0.3 is 0 Å². The number of aromatic nitrogens is 2. The van der Waals surface area contributed by atoms with Crippen molar-refractivity contribution in [2.75, 3.05) is 45.6 Å². The zero-order chi connectivity index (χ0) is 13.4. The van der Waals surface area contributed by atoms with Gasteiger partial charge in [0.15, 0.2) is 0 Å². The van der Waals surface area contributed by atoms with E-state index in [2.05, 4.69) is 35.7 Å². The monoisotopic (exact) mass is 327 g/mol. The maximum absolute atomic E-state index is 5.97. The summed E-state index contributed by atoms with van der Waals surface area (Å²) in [5.74, 6) is 1.31. The van der Waals surface area contributed by atoms with Gasteiger partial charge in [-0.25, -0.2) is 9.97 Å². The first-order valence-electron chi connectivity index (χ1n) is 6.46. The molecule has 7 heteroatoms. The van der Waals surface area contributed by atoms with E-state index in [4.69, 9.17) is 10.5 Å². The minimum Gasteiger partial charge on any atom is -0.383 e. The van der Waals surface area contributed by atoms with E-state index in [1.807, 2.05) is 0 Å². The van der Waals surface area contributed by atoms with Gasteiger partial charge in [0.05, 0.1) is 22.8 Å². The lowest BCUT2D eigenvalue weighted by molar-refractivity contribution is 0.00846. The molecule has 19 heavy (non-hydrogen) atoms. The van der Waals surface area contributed by atoms with Crippen LogP contribution in [0, 0.1) is 0 Å². The molecule has 104 valence electrons. The molecule has 3 aliphatic rings. The molecule has 1 unspecified atom stereocenters. The van der Waals surface area contributed by atoms with Crippen molar-refractivity contribution in [3.8, 4) is 0 Å². The number of nitrogens with zero attached hydrogens (tertiary/aromatic N) is 4. The molecule has 2 bridgehead atoms. The highest BCUT2D eigenvalue weighted by atomic mass is 79.9. The molecule has 0 spiro atoms. The third-order valence-corrected chi connectivity index (χ3v) is 4.68. The molecule has 3 aliphatic heterocycles. The number of hydrogen-bond acceptors (Lipinski definition) is 6. The van der Waals surface area contributed by atoms with Gasteiger partial charge in [-0.05, 0) is 15.9 Å². The Morgan fingerprint density at radius 2 is 2.05 bits per heavy atom. The molecule has 1 atom stereocenters. The van der Waals surface area contributed by atoms with Gasteiger partial charge in [0.25, 0.3) is 0 Å². The molecular weight excluding hydrogens is 310 g/mol. The van der Waals surface area contributed by atoms with Crippen molar-refractivity contribution in [3.05, 3.63) is 16.0 Å². The summed E-state index contributed by atoms with van der Waals surface area (Å²) in [7, 11) is 1.65. The SMILES string of the molecule is COCc1nc(C2CN3CCN2CC3)nc(N)c1Br. The van der Waals surface area contributed by atoms with Crippen molar-refractivity contribution in [1.82, 2.24) is 19.8 Å². The molecule has 3 saturated heterocycles. The largest absolute Gasteiger partial charge is 0.383 e. The molecule has 0 saturated carbocycles. The second-order valence-corrected chi connectivity index (χ2v) is 5.81. The Bertz CT molecular complexity index is 475. The molecule has 4 heterocycles. The number of fused-ring (bicyclic) bond motifs is 3. The summed E-state index contributed by atoms with van der Waals surface area (Å²) >= 11 is 3.43. The van der Waals surface area contributed by atoms with Crippen LogP contribution in [0.15, 0.2) is 4.47 Å². The fourth-order valence-corrected chi connectivity index (χ4v) is 3.07. The van der Waals surface area contributed by atoms with Crippen molar-refractivity contribution in [2.24, 2.45) is 0 Å². The van der Waals surface area contributed by atoms with E-state index in [1.54, 1.807) is 7.11 Å². The van der Waals surface area contributed by atoms with Crippen LogP contribution in [0.4, 0.5) is 5.82 Å². The molecule has 1 aromatic heterocycles. The molecule has 0 amide bonds. The molecule has 0 aromatic carbocycles. The normalized spacial score (nSPS) is 29.7. The Balaban J connectivity index is 1.92. The number of piperazine rings is 3. The van der Waals surface area contributed by atoms with Crippen LogP contribution in [-0.2, 0) is 11.3 Å². The first kappa shape index (κ1) is 13.2. The van der Waals surface area contributed by atoms with Gasteiger partial charge < -0.3 is 10.5 Å². The number of methoxy groups -OCH3 is 1. The summed E-state index contributed by atoms with van der Waals surface area (Å²) in [6.07, 6.45) is 0. The minimum absolute atomic E-state index is 0.258. The van der Waals surface area contributed by atoms with Crippen molar-refractivity contribution in [1.29, 1.82) is 0 Å². The van der Waals surface area contributed by atoms with Crippen LogP contribution in [0.5, 0.6) is 0 Å². The summed E-state index contributed by atoms with van der Waals surface area (Å²) in [4.78, 5) is 14.0. The fourth-order valence-electron chi connectivity index (χ4n) is 2.78. The van der Waals surface area contributed by atoms with Crippen LogP contribution in [0.2, 0.25) is 0 Å². The summed E-state index contributed by atoms with van der Waals surface area (Å²) in [5, 5.41) is 0. The lowest BCUT2D eigenvalue weighted by Crippen LogP contribution is -2.57. The molecule has 6 nitrogen and oxygen atoms in total. The average molecular weight is 328 g/mol. The Labute approximate surface area is 121 Å². The van der Waals surface area contributed by atoms with E-state index in [9.17, 15) is 0 Å². The van der Waals surface area contributed by atoms with Crippen molar-refractivity contribution in [2.45, 2.75) is 12.6 Å². The third kappa shape index (κ3) is 2.47. The summed E-state index contributed by atoms with van der Waals surface area (Å²) in [6.45, 7) is 5.90. The summed E-state index contributed by atoms with van der Waals surface area (Å²) in [6, 6.07) is 0.258. The second-order valence-electron chi connectivity index (χ2n) is 5.01. The van der Waals surface area contributed by atoms with Crippen molar-refractivity contribution in [3.63, 3.8) is 0 Å². The zero-order valence-corrected chi connectivity index (χ0v) is 12.6. The molecule has 1 aromatic rings. The number of halogens is 1. The van der Waals surface area contributed by atoms with Crippen LogP contribution in [0.3, 0.4) is 0 Å². The number of ether oxygens (including phenoxy) is 1. The first-order valence-corrected chi connectivity index (χ1v) is 7.25. The quantitative estimate of drug-likeness (QED) is 0.878. The molecule has 0 radical (unpaired) electrons. The average Bonchev–Trinajstić information content (AvgIpc) is 2.45. The lowest BCUT2D eigenvalue weighted by atomic mass is 10.1. The number of nitrogens with two attached hydrogens (primary N) is 1. The molecule has 2 N–H and O–H groups in total. The second kappa shape index (κ2) is 5.32. The highest BCUT2D eigenvalue weighted by molar-refractivity contribution is 9.10. The summed E-state index contributed by atoms with van der Waals surface area (Å²) in [5.41, 5.74) is 6.79. The highest BCUT2D eigenvalue weighted by Gasteiger charge is 2.35. The molecule has 3 fully saturated rings. The van der Waals surface area contributed by atoms with E-state index in [-0.39, 0.29) is 6.04 Å². The third-order valence-electron chi connectivity index (χ3n) is 3.82.